The number of hydrogen-bond donors (Lipinski definition) is 2. The number of piperazine rings is 1. The fraction of sp³-hybridized carbons (Fsp3) is 0.409. The Hall–Kier alpha value is -2.88. The first-order chi connectivity index (χ1) is 15.2. The highest BCUT2D eigenvalue weighted by molar-refractivity contribution is 6.31. The summed E-state index contributed by atoms with van der Waals surface area (Å²) in [5, 5.41) is 24.5. The molecule has 9 nitrogen and oxygen atoms in total. The van der Waals surface area contributed by atoms with Crippen LogP contribution in [-0.4, -0.2) is 67.9 Å². The fourth-order valence-electron chi connectivity index (χ4n) is 4.40. The van der Waals surface area contributed by atoms with Crippen LogP contribution in [0.4, 0.5) is 0 Å². The highest BCUT2D eigenvalue weighted by atomic mass is 35.5. The van der Waals surface area contributed by atoms with Crippen LogP contribution in [0.1, 0.15) is 28.6 Å². The smallest absolute Gasteiger partial charge is 0.325 e. The number of carboxylic acids is 2. The van der Waals surface area contributed by atoms with Crippen molar-refractivity contribution in [2.75, 3.05) is 26.2 Å². The third kappa shape index (κ3) is 4.36. The zero-order valence-corrected chi connectivity index (χ0v) is 18.7. The second-order valence-corrected chi connectivity index (χ2v) is 8.56. The Kier molecular flexibility index (Phi) is 6.23. The maximum Gasteiger partial charge on any atom is 0.325 e. The van der Waals surface area contributed by atoms with E-state index in [9.17, 15) is 19.8 Å². The van der Waals surface area contributed by atoms with E-state index >= 15 is 0 Å². The monoisotopic (exact) mass is 460 g/mol. The molecule has 3 heterocycles. The molecule has 0 aliphatic carbocycles. The lowest BCUT2D eigenvalue weighted by Gasteiger charge is -2.37. The van der Waals surface area contributed by atoms with E-state index in [-0.39, 0.29) is 6.54 Å². The van der Waals surface area contributed by atoms with Crippen molar-refractivity contribution >= 4 is 34.4 Å². The average Bonchev–Trinajstić information content (AvgIpc) is 3.23. The highest BCUT2D eigenvalue weighted by Gasteiger charge is 2.33. The van der Waals surface area contributed by atoms with E-state index in [2.05, 4.69) is 10.1 Å². The molecular formula is C22H25ClN4O5. The lowest BCUT2D eigenvalue weighted by atomic mass is 10.0. The Morgan fingerprint density at radius 3 is 2.50 bits per heavy atom. The lowest BCUT2D eigenvalue weighted by Crippen LogP contribution is -2.48. The molecular weight excluding hydrogens is 436 g/mol. The summed E-state index contributed by atoms with van der Waals surface area (Å²) in [5.41, 5.74) is 3.13. The second kappa shape index (κ2) is 8.93. The van der Waals surface area contributed by atoms with Gasteiger partial charge in [0.05, 0.1) is 11.2 Å². The summed E-state index contributed by atoms with van der Waals surface area (Å²) in [6.45, 7) is 6.80. The molecule has 1 atom stereocenters. The van der Waals surface area contributed by atoms with Crippen molar-refractivity contribution in [3.63, 3.8) is 0 Å². The van der Waals surface area contributed by atoms with Gasteiger partial charge in [0.1, 0.15) is 18.3 Å². The first kappa shape index (κ1) is 22.3. The predicted molar refractivity (Wildman–Crippen MR) is 118 cm³/mol. The number of halogens is 1. The van der Waals surface area contributed by atoms with Gasteiger partial charge in [0.25, 0.3) is 0 Å². The Morgan fingerprint density at radius 2 is 1.91 bits per heavy atom. The topological polar surface area (TPSA) is 112 Å². The van der Waals surface area contributed by atoms with Crippen LogP contribution in [0.15, 0.2) is 28.9 Å². The zero-order chi connectivity index (χ0) is 23.0. The van der Waals surface area contributed by atoms with E-state index in [1.165, 1.54) is 0 Å². The molecule has 170 valence electrons. The maximum atomic E-state index is 12.3. The second-order valence-electron chi connectivity index (χ2n) is 8.12. The number of rotatable bonds is 7. The van der Waals surface area contributed by atoms with Crippen LogP contribution in [0.2, 0.25) is 5.02 Å². The van der Waals surface area contributed by atoms with Gasteiger partial charge in [-0.25, -0.2) is 0 Å². The predicted octanol–water partition coefficient (Wildman–Crippen LogP) is 2.93. The van der Waals surface area contributed by atoms with E-state index in [0.29, 0.717) is 54.2 Å². The molecule has 32 heavy (non-hydrogen) atoms. The van der Waals surface area contributed by atoms with Crippen LogP contribution < -0.4 is 0 Å². The molecule has 2 aromatic heterocycles. The summed E-state index contributed by atoms with van der Waals surface area (Å²) in [6, 6.07) is 4.24. The number of aliphatic carboxylic acids is 2. The molecule has 1 aliphatic rings. The minimum absolute atomic E-state index is 0.269. The molecule has 0 bridgehead atoms. The molecule has 1 saturated heterocycles. The summed E-state index contributed by atoms with van der Waals surface area (Å²) in [6.07, 6.45) is 1.63. The largest absolute Gasteiger partial charge is 0.480 e. The van der Waals surface area contributed by atoms with Gasteiger partial charge in [-0.2, -0.15) is 0 Å². The number of fused-ring (bicyclic) bond motifs is 1. The minimum atomic E-state index is -1.01. The fourth-order valence-corrected chi connectivity index (χ4v) is 4.57. The molecule has 0 saturated carbocycles. The highest BCUT2D eigenvalue weighted by Crippen LogP contribution is 2.33. The van der Waals surface area contributed by atoms with E-state index in [1.54, 1.807) is 29.0 Å². The third-order valence-electron chi connectivity index (χ3n) is 6.04. The van der Waals surface area contributed by atoms with Gasteiger partial charge in [0.15, 0.2) is 0 Å². The van der Waals surface area contributed by atoms with Crippen LogP contribution >= 0.6 is 11.6 Å². The van der Waals surface area contributed by atoms with Crippen LogP contribution in [-0.2, 0) is 22.7 Å². The maximum absolute atomic E-state index is 12.3. The zero-order valence-electron chi connectivity index (χ0n) is 17.9. The average molecular weight is 461 g/mol. The number of carboxylic acid groups (broad SMARTS) is 2. The van der Waals surface area contributed by atoms with Crippen molar-refractivity contribution in [3.05, 3.63) is 52.0 Å². The van der Waals surface area contributed by atoms with Crippen molar-refractivity contribution in [2.45, 2.75) is 33.0 Å². The third-order valence-corrected chi connectivity index (χ3v) is 6.28. The summed E-state index contributed by atoms with van der Waals surface area (Å²) in [5.74, 6) is -1.17. The molecule has 4 rings (SSSR count). The van der Waals surface area contributed by atoms with Gasteiger partial charge in [0, 0.05) is 60.5 Å². The molecule has 10 heteroatoms. The molecule has 2 N–H and O–H groups in total. The summed E-state index contributed by atoms with van der Waals surface area (Å²) < 4.78 is 6.79. The quantitative estimate of drug-likeness (QED) is 0.553. The van der Waals surface area contributed by atoms with Crippen LogP contribution in [0, 0.1) is 13.8 Å². The molecule has 1 aromatic carbocycles. The van der Waals surface area contributed by atoms with E-state index in [4.69, 9.17) is 16.1 Å². The normalized spacial score (nSPS) is 16.5. The molecule has 1 unspecified atom stereocenters. The number of hydrogen-bond acceptors (Lipinski definition) is 6. The van der Waals surface area contributed by atoms with Crippen molar-refractivity contribution in [2.24, 2.45) is 0 Å². The van der Waals surface area contributed by atoms with E-state index in [1.807, 2.05) is 18.7 Å². The molecule has 3 aromatic rings. The van der Waals surface area contributed by atoms with Crippen LogP contribution in [0.3, 0.4) is 0 Å². The van der Waals surface area contributed by atoms with Gasteiger partial charge < -0.3 is 19.3 Å². The lowest BCUT2D eigenvalue weighted by molar-refractivity contribution is -0.144. The van der Waals surface area contributed by atoms with Crippen LogP contribution in [0.25, 0.3) is 10.9 Å². The summed E-state index contributed by atoms with van der Waals surface area (Å²) in [4.78, 5) is 27.9. The Labute approximate surface area is 189 Å². The van der Waals surface area contributed by atoms with Gasteiger partial charge in [-0.3, -0.25) is 19.4 Å². The molecule has 0 amide bonds. The van der Waals surface area contributed by atoms with Gasteiger partial charge >= 0.3 is 11.9 Å². The van der Waals surface area contributed by atoms with Crippen molar-refractivity contribution < 1.29 is 24.3 Å². The van der Waals surface area contributed by atoms with Crippen molar-refractivity contribution in [1.29, 1.82) is 0 Å². The molecule has 1 aliphatic heterocycles. The number of benzene rings is 1. The Balaban J connectivity index is 1.58. The van der Waals surface area contributed by atoms with Crippen LogP contribution in [0.5, 0.6) is 0 Å². The van der Waals surface area contributed by atoms with E-state index < -0.39 is 18.0 Å². The number of carbonyl (C=O) groups is 2. The molecule has 1 fully saturated rings. The number of aryl methyl sites for hydroxylation is 2. The van der Waals surface area contributed by atoms with Gasteiger partial charge in [0.2, 0.25) is 0 Å². The SMILES string of the molecule is Cc1noc(C)c1CN1CCN(C(C(=O)O)c2cn(CC(=O)O)c3cc(Cl)ccc23)CC1. The number of aromatic nitrogens is 2. The first-order valence-corrected chi connectivity index (χ1v) is 10.7. The minimum Gasteiger partial charge on any atom is -0.480 e. The van der Waals surface area contributed by atoms with Gasteiger partial charge in [-0.1, -0.05) is 22.8 Å². The van der Waals surface area contributed by atoms with Gasteiger partial charge in [-0.15, -0.1) is 0 Å². The molecule has 0 radical (unpaired) electrons. The Bertz CT molecular complexity index is 1140. The number of nitrogens with zero attached hydrogens (tertiary/aromatic N) is 4. The van der Waals surface area contributed by atoms with Gasteiger partial charge in [-0.05, 0) is 26.0 Å². The van der Waals surface area contributed by atoms with Crippen molar-refractivity contribution in [3.8, 4) is 0 Å². The van der Waals surface area contributed by atoms with Crippen molar-refractivity contribution in [1.82, 2.24) is 19.5 Å². The summed E-state index contributed by atoms with van der Waals surface area (Å²) in [7, 11) is 0. The van der Waals surface area contributed by atoms with E-state index in [0.717, 1.165) is 17.0 Å². The molecule has 0 spiro atoms. The summed E-state index contributed by atoms with van der Waals surface area (Å²) >= 11 is 6.12. The standard InChI is InChI=1S/C22H25ClN4O5/c1-13-17(14(2)32-24-13)10-25-5-7-26(8-6-25)21(22(30)31)18-11-27(12-20(28)29)19-9-15(23)3-4-16(18)19/h3-4,9,11,21H,5-8,10,12H2,1-2H3,(H,28,29)(H,30,31). The first-order valence-electron chi connectivity index (χ1n) is 10.4. The Morgan fingerprint density at radius 1 is 1.19 bits per heavy atom.